The number of methoxy groups -OCH3 is 2. The average Bonchev–Trinajstić information content (AvgIpc) is 2.16. The van der Waals surface area contributed by atoms with Gasteiger partial charge in [0.05, 0.1) is 20.6 Å². The first-order chi connectivity index (χ1) is 6.91. The zero-order valence-corrected chi connectivity index (χ0v) is 9.09. The van der Waals surface area contributed by atoms with Crippen LogP contribution in [0.15, 0.2) is 0 Å². The first kappa shape index (κ1) is 13.7. The summed E-state index contributed by atoms with van der Waals surface area (Å²) in [7, 11) is -1.77. The smallest absolute Gasteiger partial charge is 0.421 e. The van der Waals surface area contributed by atoms with E-state index in [9.17, 15) is 18.0 Å². The highest BCUT2D eigenvalue weighted by Crippen LogP contribution is 1.85. The Balaban J connectivity index is 3.95. The molecular formula is C6H12N2O6S. The third kappa shape index (κ3) is 6.69. The highest BCUT2D eigenvalue weighted by atomic mass is 32.2. The maximum absolute atomic E-state index is 11.0. The second-order valence-electron chi connectivity index (χ2n) is 2.32. The van der Waals surface area contributed by atoms with Crippen LogP contribution in [-0.4, -0.2) is 41.2 Å². The number of esters is 1. The van der Waals surface area contributed by atoms with Crippen LogP contribution < -0.4 is 9.44 Å². The van der Waals surface area contributed by atoms with E-state index in [1.807, 2.05) is 4.72 Å². The fourth-order valence-corrected chi connectivity index (χ4v) is 1.32. The molecule has 0 radical (unpaired) electrons. The quantitative estimate of drug-likeness (QED) is 0.580. The van der Waals surface area contributed by atoms with Crippen LogP contribution >= 0.6 is 0 Å². The van der Waals surface area contributed by atoms with Gasteiger partial charge in [0.2, 0.25) is 0 Å². The number of ether oxygens (including phenoxy) is 2. The Hall–Kier alpha value is -1.35. The van der Waals surface area contributed by atoms with Crippen LogP contribution in [0.25, 0.3) is 0 Å². The van der Waals surface area contributed by atoms with Crippen molar-refractivity contribution in [3.8, 4) is 0 Å². The van der Waals surface area contributed by atoms with Gasteiger partial charge in [0.25, 0.3) is 0 Å². The molecule has 9 heteroatoms. The van der Waals surface area contributed by atoms with Gasteiger partial charge in [-0.05, 0) is 0 Å². The summed E-state index contributed by atoms with van der Waals surface area (Å²) < 4.78 is 33.8. The van der Waals surface area contributed by atoms with Crippen molar-refractivity contribution in [1.82, 2.24) is 9.44 Å². The molecule has 0 aliphatic carbocycles. The van der Waals surface area contributed by atoms with E-state index in [0.717, 1.165) is 7.11 Å². The largest absolute Gasteiger partial charge is 0.469 e. The molecule has 0 saturated carbocycles. The minimum absolute atomic E-state index is 0.126. The standard InChI is InChI=1S/C6H12N2O6S/c1-13-5(9)3-4-7-15(11,12)8-6(10)14-2/h7H,3-4H2,1-2H3,(H,8,10). The van der Waals surface area contributed by atoms with Gasteiger partial charge in [-0.15, -0.1) is 0 Å². The van der Waals surface area contributed by atoms with Crippen molar-refractivity contribution in [1.29, 1.82) is 0 Å². The Morgan fingerprint density at radius 3 is 2.27 bits per heavy atom. The van der Waals surface area contributed by atoms with Crippen molar-refractivity contribution in [2.24, 2.45) is 0 Å². The summed E-state index contributed by atoms with van der Waals surface area (Å²) in [6, 6.07) is 0. The zero-order chi connectivity index (χ0) is 11.9. The van der Waals surface area contributed by atoms with E-state index in [4.69, 9.17) is 0 Å². The van der Waals surface area contributed by atoms with E-state index in [1.54, 1.807) is 4.72 Å². The van der Waals surface area contributed by atoms with E-state index in [-0.39, 0.29) is 13.0 Å². The highest BCUT2D eigenvalue weighted by Gasteiger charge is 2.14. The van der Waals surface area contributed by atoms with Crippen molar-refractivity contribution in [2.75, 3.05) is 20.8 Å². The molecule has 0 rings (SSSR count). The molecule has 15 heavy (non-hydrogen) atoms. The molecule has 0 aliphatic heterocycles. The van der Waals surface area contributed by atoms with Gasteiger partial charge in [-0.2, -0.15) is 13.1 Å². The predicted octanol–water partition coefficient (Wildman–Crippen LogP) is -1.26. The minimum atomic E-state index is -3.98. The van der Waals surface area contributed by atoms with Crippen LogP contribution in [0.4, 0.5) is 4.79 Å². The Labute approximate surface area is 87.1 Å². The molecule has 0 fully saturated rings. The normalized spacial score (nSPS) is 10.5. The van der Waals surface area contributed by atoms with Crippen LogP contribution in [0.2, 0.25) is 0 Å². The second kappa shape index (κ2) is 6.19. The lowest BCUT2D eigenvalue weighted by Crippen LogP contribution is -2.40. The van der Waals surface area contributed by atoms with E-state index in [1.165, 1.54) is 7.11 Å². The lowest BCUT2D eigenvalue weighted by Gasteiger charge is -2.06. The summed E-state index contributed by atoms with van der Waals surface area (Å²) in [5, 5.41) is 0. The van der Waals surface area contributed by atoms with Gasteiger partial charge in [-0.25, -0.2) is 9.52 Å². The van der Waals surface area contributed by atoms with Crippen molar-refractivity contribution in [3.63, 3.8) is 0 Å². The number of nitrogens with one attached hydrogen (secondary N) is 2. The topological polar surface area (TPSA) is 111 Å². The Morgan fingerprint density at radius 2 is 1.80 bits per heavy atom. The molecule has 0 aliphatic rings. The third-order valence-electron chi connectivity index (χ3n) is 1.25. The molecule has 0 heterocycles. The number of carbonyl (C=O) groups is 2. The highest BCUT2D eigenvalue weighted by molar-refractivity contribution is 7.88. The molecule has 1 amide bonds. The summed E-state index contributed by atoms with van der Waals surface area (Å²) in [5.74, 6) is -0.559. The van der Waals surface area contributed by atoms with Crippen LogP contribution in [0.3, 0.4) is 0 Å². The third-order valence-corrected chi connectivity index (χ3v) is 2.27. The molecule has 0 aromatic heterocycles. The Bertz CT molecular complexity index is 325. The molecule has 0 bridgehead atoms. The minimum Gasteiger partial charge on any atom is -0.469 e. The maximum atomic E-state index is 11.0. The zero-order valence-electron chi connectivity index (χ0n) is 8.27. The van der Waals surface area contributed by atoms with E-state index >= 15 is 0 Å². The lowest BCUT2D eigenvalue weighted by molar-refractivity contribution is -0.140. The van der Waals surface area contributed by atoms with Crippen LogP contribution in [0, 0.1) is 0 Å². The van der Waals surface area contributed by atoms with Gasteiger partial charge in [0, 0.05) is 6.54 Å². The number of rotatable bonds is 5. The van der Waals surface area contributed by atoms with Crippen molar-refractivity contribution in [3.05, 3.63) is 0 Å². The average molecular weight is 240 g/mol. The van der Waals surface area contributed by atoms with Gasteiger partial charge in [0.15, 0.2) is 0 Å². The Morgan fingerprint density at radius 1 is 1.20 bits per heavy atom. The summed E-state index contributed by atoms with van der Waals surface area (Å²) in [6.07, 6.45) is -1.24. The monoisotopic (exact) mass is 240 g/mol. The molecule has 0 atom stereocenters. The number of hydrogen-bond donors (Lipinski definition) is 2. The second-order valence-corrected chi connectivity index (χ2v) is 3.82. The van der Waals surface area contributed by atoms with Crippen LogP contribution in [0.5, 0.6) is 0 Å². The Kier molecular flexibility index (Phi) is 5.64. The summed E-state index contributed by atoms with van der Waals surface area (Å²) in [6.45, 7) is -0.168. The molecular weight excluding hydrogens is 228 g/mol. The molecule has 8 nitrogen and oxygen atoms in total. The van der Waals surface area contributed by atoms with Crippen LogP contribution in [0.1, 0.15) is 6.42 Å². The molecule has 0 spiro atoms. The van der Waals surface area contributed by atoms with Crippen molar-refractivity contribution >= 4 is 22.3 Å². The first-order valence-corrected chi connectivity index (χ1v) is 5.31. The lowest BCUT2D eigenvalue weighted by atomic mass is 10.4. The molecule has 0 aromatic carbocycles. The SMILES string of the molecule is COC(=O)CCNS(=O)(=O)NC(=O)OC. The van der Waals surface area contributed by atoms with Crippen molar-refractivity contribution in [2.45, 2.75) is 6.42 Å². The first-order valence-electron chi connectivity index (χ1n) is 3.83. The van der Waals surface area contributed by atoms with Gasteiger partial charge >= 0.3 is 22.3 Å². The fraction of sp³-hybridized carbons (Fsp3) is 0.667. The van der Waals surface area contributed by atoms with Gasteiger partial charge in [-0.3, -0.25) is 4.79 Å². The maximum Gasteiger partial charge on any atom is 0.421 e. The molecule has 0 aromatic rings. The number of hydrogen-bond acceptors (Lipinski definition) is 6. The summed E-state index contributed by atoms with van der Waals surface area (Å²) >= 11 is 0. The molecule has 88 valence electrons. The van der Waals surface area contributed by atoms with Gasteiger partial charge in [0.1, 0.15) is 0 Å². The summed E-state index contributed by atoms with van der Waals surface area (Å²) in [4.78, 5) is 21.1. The summed E-state index contributed by atoms with van der Waals surface area (Å²) in [5.41, 5.74) is 0. The van der Waals surface area contributed by atoms with E-state index in [0.29, 0.717) is 0 Å². The van der Waals surface area contributed by atoms with Crippen LogP contribution in [-0.2, 0) is 24.5 Å². The van der Waals surface area contributed by atoms with Gasteiger partial charge in [-0.1, -0.05) is 0 Å². The molecule has 2 N–H and O–H groups in total. The molecule has 0 saturated heterocycles. The number of carbonyl (C=O) groups excluding carboxylic acids is 2. The number of amides is 1. The van der Waals surface area contributed by atoms with Crippen molar-refractivity contribution < 1.29 is 27.5 Å². The fourth-order valence-electron chi connectivity index (χ4n) is 0.577. The van der Waals surface area contributed by atoms with E-state index in [2.05, 4.69) is 9.47 Å². The van der Waals surface area contributed by atoms with E-state index < -0.39 is 22.3 Å². The van der Waals surface area contributed by atoms with Gasteiger partial charge < -0.3 is 9.47 Å². The predicted molar refractivity (Wildman–Crippen MR) is 49.1 cm³/mol. The molecule has 0 unspecified atom stereocenters.